The molecule has 15 heavy (non-hydrogen) atoms. The van der Waals surface area contributed by atoms with Crippen LogP contribution in [0.3, 0.4) is 0 Å². The van der Waals surface area contributed by atoms with Gasteiger partial charge in [0.05, 0.1) is 6.10 Å². The van der Waals surface area contributed by atoms with E-state index in [9.17, 15) is 5.11 Å². The van der Waals surface area contributed by atoms with Crippen LogP contribution in [0.4, 0.5) is 0 Å². The molecule has 1 nitrogen and oxygen atoms in total. The summed E-state index contributed by atoms with van der Waals surface area (Å²) in [4.78, 5) is 0. The van der Waals surface area contributed by atoms with E-state index in [1.54, 1.807) is 0 Å². The van der Waals surface area contributed by atoms with Crippen LogP contribution in [0.15, 0.2) is 35.9 Å². The molecule has 0 radical (unpaired) electrons. The first-order chi connectivity index (χ1) is 7.29. The van der Waals surface area contributed by atoms with Gasteiger partial charge in [-0.2, -0.15) is 0 Å². The van der Waals surface area contributed by atoms with Gasteiger partial charge >= 0.3 is 0 Å². The first-order valence-corrected chi connectivity index (χ1v) is 5.74. The second-order valence-corrected chi connectivity index (χ2v) is 4.25. The van der Waals surface area contributed by atoms with Crippen molar-refractivity contribution in [3.05, 3.63) is 41.5 Å². The van der Waals surface area contributed by atoms with Crippen molar-refractivity contribution in [3.63, 3.8) is 0 Å². The van der Waals surface area contributed by atoms with E-state index in [0.29, 0.717) is 0 Å². The number of aliphatic hydroxyl groups is 1. The summed E-state index contributed by atoms with van der Waals surface area (Å²) in [7, 11) is 0. The zero-order valence-electron chi connectivity index (χ0n) is 9.24. The molecule has 1 aromatic carbocycles. The van der Waals surface area contributed by atoms with E-state index in [1.807, 2.05) is 13.0 Å². The quantitative estimate of drug-likeness (QED) is 0.779. The van der Waals surface area contributed by atoms with Crippen molar-refractivity contribution in [2.24, 2.45) is 0 Å². The highest BCUT2D eigenvalue weighted by Gasteiger charge is 2.17. The van der Waals surface area contributed by atoms with E-state index in [2.05, 4.69) is 24.3 Å². The topological polar surface area (TPSA) is 20.2 Å². The van der Waals surface area contributed by atoms with E-state index in [0.717, 1.165) is 12.8 Å². The third kappa shape index (κ3) is 2.29. The maximum Gasteiger partial charge on any atom is 0.0727 e. The van der Waals surface area contributed by atoms with Crippen LogP contribution < -0.4 is 0 Å². The molecule has 2 rings (SSSR count). The molecular formula is C14H18O. The van der Waals surface area contributed by atoms with Gasteiger partial charge in [0.15, 0.2) is 0 Å². The molecule has 1 aliphatic rings. The van der Waals surface area contributed by atoms with Crippen LogP contribution in [0.5, 0.6) is 0 Å². The van der Waals surface area contributed by atoms with Gasteiger partial charge in [0.25, 0.3) is 0 Å². The Bertz CT molecular complexity index is 349. The molecule has 0 bridgehead atoms. The summed E-state index contributed by atoms with van der Waals surface area (Å²) in [6.07, 6.45) is 4.35. The van der Waals surface area contributed by atoms with Crippen molar-refractivity contribution in [1.82, 2.24) is 0 Å². The van der Waals surface area contributed by atoms with Gasteiger partial charge in [0, 0.05) is 0 Å². The van der Waals surface area contributed by atoms with Crippen LogP contribution in [0, 0.1) is 0 Å². The zero-order valence-corrected chi connectivity index (χ0v) is 9.24. The molecule has 0 heterocycles. The lowest BCUT2D eigenvalue weighted by Crippen LogP contribution is -2.11. The lowest BCUT2D eigenvalue weighted by atomic mass is 9.85. The summed E-state index contributed by atoms with van der Waals surface area (Å²) in [6, 6.07) is 10.5. The number of benzene rings is 1. The molecule has 1 unspecified atom stereocenters. The second kappa shape index (κ2) is 4.63. The lowest BCUT2D eigenvalue weighted by molar-refractivity contribution is 0.225. The van der Waals surface area contributed by atoms with E-state index in [-0.39, 0.29) is 6.10 Å². The fourth-order valence-corrected chi connectivity index (χ4v) is 2.36. The smallest absolute Gasteiger partial charge is 0.0727 e. The zero-order chi connectivity index (χ0) is 10.7. The number of hydrogen-bond acceptors (Lipinski definition) is 1. The molecular weight excluding hydrogens is 184 g/mol. The Labute approximate surface area is 91.4 Å². The predicted octanol–water partition coefficient (Wildman–Crippen LogP) is 3.40. The SMILES string of the molecule is CC(O)C1=C(c2ccccc2)CCCC1. The molecule has 0 amide bonds. The second-order valence-electron chi connectivity index (χ2n) is 4.25. The van der Waals surface area contributed by atoms with Crippen LogP contribution in [-0.4, -0.2) is 11.2 Å². The molecule has 0 aromatic heterocycles. The highest BCUT2D eigenvalue weighted by Crippen LogP contribution is 2.33. The summed E-state index contributed by atoms with van der Waals surface area (Å²) < 4.78 is 0. The van der Waals surface area contributed by atoms with Crippen LogP contribution in [0.1, 0.15) is 38.2 Å². The summed E-state index contributed by atoms with van der Waals surface area (Å²) in [6.45, 7) is 1.88. The first-order valence-electron chi connectivity index (χ1n) is 5.74. The van der Waals surface area contributed by atoms with Gasteiger partial charge in [-0.3, -0.25) is 0 Å². The first kappa shape index (κ1) is 10.4. The molecule has 0 aliphatic heterocycles. The molecule has 1 aromatic rings. The van der Waals surface area contributed by atoms with Gasteiger partial charge in [0.1, 0.15) is 0 Å². The Morgan fingerprint density at radius 2 is 1.73 bits per heavy atom. The summed E-state index contributed by atoms with van der Waals surface area (Å²) in [5, 5.41) is 9.75. The van der Waals surface area contributed by atoms with Crippen molar-refractivity contribution >= 4 is 5.57 Å². The predicted molar refractivity (Wildman–Crippen MR) is 63.5 cm³/mol. The van der Waals surface area contributed by atoms with Crippen molar-refractivity contribution in [3.8, 4) is 0 Å². The van der Waals surface area contributed by atoms with Crippen LogP contribution in [0.2, 0.25) is 0 Å². The van der Waals surface area contributed by atoms with Crippen LogP contribution in [0.25, 0.3) is 5.57 Å². The molecule has 0 fully saturated rings. The molecule has 1 aliphatic carbocycles. The fourth-order valence-electron chi connectivity index (χ4n) is 2.36. The number of hydrogen-bond donors (Lipinski definition) is 1. The Hall–Kier alpha value is -1.08. The van der Waals surface area contributed by atoms with Gasteiger partial charge < -0.3 is 5.11 Å². The van der Waals surface area contributed by atoms with Crippen molar-refractivity contribution < 1.29 is 5.11 Å². The van der Waals surface area contributed by atoms with Crippen molar-refractivity contribution in [1.29, 1.82) is 0 Å². The highest BCUT2D eigenvalue weighted by atomic mass is 16.3. The lowest BCUT2D eigenvalue weighted by Gasteiger charge is -2.22. The van der Waals surface area contributed by atoms with Crippen LogP contribution in [-0.2, 0) is 0 Å². The standard InChI is InChI=1S/C14H18O/c1-11(15)13-9-5-6-10-14(13)12-7-3-2-4-8-12/h2-4,7-8,11,15H,5-6,9-10H2,1H3. The minimum absolute atomic E-state index is 0.291. The molecule has 80 valence electrons. The highest BCUT2D eigenvalue weighted by molar-refractivity contribution is 5.70. The maximum absolute atomic E-state index is 9.75. The maximum atomic E-state index is 9.75. The van der Waals surface area contributed by atoms with Gasteiger partial charge in [-0.05, 0) is 49.3 Å². The van der Waals surface area contributed by atoms with E-state index in [1.165, 1.54) is 29.6 Å². The summed E-state index contributed by atoms with van der Waals surface area (Å²) >= 11 is 0. The largest absolute Gasteiger partial charge is 0.389 e. The van der Waals surface area contributed by atoms with Gasteiger partial charge in [-0.15, -0.1) is 0 Å². The number of allylic oxidation sites excluding steroid dienone is 1. The van der Waals surface area contributed by atoms with Crippen LogP contribution >= 0.6 is 0 Å². The number of aliphatic hydroxyl groups excluding tert-OH is 1. The van der Waals surface area contributed by atoms with Gasteiger partial charge in [-0.25, -0.2) is 0 Å². The molecule has 1 atom stereocenters. The summed E-state index contributed by atoms with van der Waals surface area (Å²) in [5.41, 5.74) is 3.90. The Kier molecular flexibility index (Phi) is 3.22. The normalized spacial score (nSPS) is 19.1. The fraction of sp³-hybridized carbons (Fsp3) is 0.429. The Morgan fingerprint density at radius 3 is 2.40 bits per heavy atom. The summed E-state index contributed by atoms with van der Waals surface area (Å²) in [5.74, 6) is 0. The molecule has 0 saturated carbocycles. The van der Waals surface area contributed by atoms with Crippen molar-refractivity contribution in [2.45, 2.75) is 38.7 Å². The average Bonchev–Trinajstić information content (AvgIpc) is 2.30. The Balaban J connectivity index is 2.39. The molecule has 0 saturated heterocycles. The Morgan fingerprint density at radius 1 is 1.07 bits per heavy atom. The average molecular weight is 202 g/mol. The van der Waals surface area contributed by atoms with E-state index >= 15 is 0 Å². The minimum atomic E-state index is -0.291. The minimum Gasteiger partial charge on any atom is -0.389 e. The van der Waals surface area contributed by atoms with E-state index < -0.39 is 0 Å². The molecule has 0 spiro atoms. The number of rotatable bonds is 2. The third-order valence-electron chi connectivity index (χ3n) is 3.14. The third-order valence-corrected chi connectivity index (χ3v) is 3.14. The van der Waals surface area contributed by atoms with E-state index in [4.69, 9.17) is 0 Å². The monoisotopic (exact) mass is 202 g/mol. The van der Waals surface area contributed by atoms with Gasteiger partial charge in [0.2, 0.25) is 0 Å². The van der Waals surface area contributed by atoms with Crippen molar-refractivity contribution in [2.75, 3.05) is 0 Å². The molecule has 1 heteroatoms. The van der Waals surface area contributed by atoms with Gasteiger partial charge in [-0.1, -0.05) is 30.3 Å². The molecule has 1 N–H and O–H groups in total.